The van der Waals surface area contributed by atoms with Crippen molar-refractivity contribution in [2.45, 2.75) is 26.3 Å². The molecule has 1 heterocycles. The average Bonchev–Trinajstić information content (AvgIpc) is 3.47. The van der Waals surface area contributed by atoms with Gasteiger partial charge < -0.3 is 15.4 Å². The molecule has 25 heavy (non-hydrogen) atoms. The molecule has 0 atom stereocenters. The average molecular weight is 339 g/mol. The standard InChI is InChI=1S/C19H21N3O3/c1-2-25-19-15(4-3-11-20-19)12-21-17(23)13-7-9-16(10-8-13)22-18(24)14-5-6-14/h3-4,7-11,14H,2,5-6,12H2,1H3,(H,21,23)(H,22,24). The minimum Gasteiger partial charge on any atom is -0.478 e. The number of rotatable bonds is 7. The zero-order valence-corrected chi connectivity index (χ0v) is 14.1. The summed E-state index contributed by atoms with van der Waals surface area (Å²) in [5.74, 6) is 0.550. The Bertz CT molecular complexity index is 755. The highest BCUT2D eigenvalue weighted by atomic mass is 16.5. The molecule has 6 heteroatoms. The van der Waals surface area contributed by atoms with Crippen LogP contribution in [0.3, 0.4) is 0 Å². The number of ether oxygens (including phenoxy) is 1. The number of aromatic nitrogens is 1. The Kier molecular flexibility index (Phi) is 5.28. The third-order valence-corrected chi connectivity index (χ3v) is 3.93. The van der Waals surface area contributed by atoms with Gasteiger partial charge in [0.15, 0.2) is 0 Å². The van der Waals surface area contributed by atoms with Crippen LogP contribution in [-0.2, 0) is 11.3 Å². The molecule has 1 aliphatic rings. The van der Waals surface area contributed by atoms with Crippen molar-refractivity contribution in [1.82, 2.24) is 10.3 Å². The van der Waals surface area contributed by atoms with E-state index in [1.54, 1.807) is 36.5 Å². The van der Waals surface area contributed by atoms with Gasteiger partial charge in [-0.15, -0.1) is 0 Å². The van der Waals surface area contributed by atoms with E-state index in [4.69, 9.17) is 4.74 Å². The number of nitrogens with zero attached hydrogens (tertiary/aromatic N) is 1. The maximum atomic E-state index is 12.3. The molecule has 2 aromatic rings. The molecule has 2 N–H and O–H groups in total. The molecular formula is C19H21N3O3. The summed E-state index contributed by atoms with van der Waals surface area (Å²) in [4.78, 5) is 28.2. The van der Waals surface area contributed by atoms with E-state index in [2.05, 4.69) is 15.6 Å². The number of pyridine rings is 1. The van der Waals surface area contributed by atoms with Gasteiger partial charge in [-0.3, -0.25) is 9.59 Å². The number of amides is 2. The van der Waals surface area contributed by atoms with Crippen LogP contribution in [0.15, 0.2) is 42.6 Å². The molecule has 3 rings (SSSR count). The van der Waals surface area contributed by atoms with Crippen LogP contribution in [-0.4, -0.2) is 23.4 Å². The Balaban J connectivity index is 1.57. The summed E-state index contributed by atoms with van der Waals surface area (Å²) in [5, 5.41) is 5.71. The highest BCUT2D eigenvalue weighted by molar-refractivity contribution is 5.96. The third-order valence-electron chi connectivity index (χ3n) is 3.93. The molecular weight excluding hydrogens is 318 g/mol. The Morgan fingerprint density at radius 3 is 2.64 bits per heavy atom. The fourth-order valence-corrected chi connectivity index (χ4v) is 2.40. The van der Waals surface area contributed by atoms with Crippen LogP contribution in [0.1, 0.15) is 35.7 Å². The van der Waals surface area contributed by atoms with Crippen LogP contribution < -0.4 is 15.4 Å². The first-order chi connectivity index (χ1) is 12.2. The van der Waals surface area contributed by atoms with Crippen molar-refractivity contribution in [3.05, 3.63) is 53.7 Å². The normalized spacial score (nSPS) is 13.2. The molecule has 0 aliphatic heterocycles. The van der Waals surface area contributed by atoms with Crippen LogP contribution in [0.25, 0.3) is 0 Å². The molecule has 1 saturated carbocycles. The summed E-state index contributed by atoms with van der Waals surface area (Å²) in [5.41, 5.74) is 2.07. The predicted octanol–water partition coefficient (Wildman–Crippen LogP) is 2.76. The lowest BCUT2D eigenvalue weighted by atomic mass is 10.2. The molecule has 0 saturated heterocycles. The fourth-order valence-electron chi connectivity index (χ4n) is 2.40. The lowest BCUT2D eigenvalue weighted by Gasteiger charge is -2.10. The van der Waals surface area contributed by atoms with E-state index >= 15 is 0 Å². The first-order valence-corrected chi connectivity index (χ1v) is 8.43. The predicted molar refractivity (Wildman–Crippen MR) is 94.4 cm³/mol. The Morgan fingerprint density at radius 2 is 1.96 bits per heavy atom. The van der Waals surface area contributed by atoms with E-state index in [-0.39, 0.29) is 17.7 Å². The fraction of sp³-hybridized carbons (Fsp3) is 0.316. The number of carbonyl (C=O) groups is 2. The maximum absolute atomic E-state index is 12.3. The summed E-state index contributed by atoms with van der Waals surface area (Å²) in [7, 11) is 0. The van der Waals surface area contributed by atoms with E-state index in [9.17, 15) is 9.59 Å². The molecule has 0 bridgehead atoms. The third kappa shape index (κ3) is 4.56. The van der Waals surface area contributed by atoms with Crippen LogP contribution in [0, 0.1) is 5.92 Å². The van der Waals surface area contributed by atoms with Gasteiger partial charge in [0.25, 0.3) is 5.91 Å². The highest BCUT2D eigenvalue weighted by Crippen LogP contribution is 2.30. The van der Waals surface area contributed by atoms with Gasteiger partial charge in [0, 0.05) is 35.5 Å². The Morgan fingerprint density at radius 1 is 1.20 bits per heavy atom. The molecule has 2 amide bonds. The van der Waals surface area contributed by atoms with Crippen molar-refractivity contribution in [2.24, 2.45) is 5.92 Å². The lowest BCUT2D eigenvalue weighted by Crippen LogP contribution is -2.23. The summed E-state index contributed by atoms with van der Waals surface area (Å²) in [6.45, 7) is 2.74. The van der Waals surface area contributed by atoms with Crippen molar-refractivity contribution in [3.63, 3.8) is 0 Å². The van der Waals surface area contributed by atoms with E-state index in [1.165, 1.54) is 0 Å². The largest absolute Gasteiger partial charge is 0.478 e. The number of hydrogen-bond donors (Lipinski definition) is 2. The summed E-state index contributed by atoms with van der Waals surface area (Å²) in [6, 6.07) is 10.6. The summed E-state index contributed by atoms with van der Waals surface area (Å²) in [6.07, 6.45) is 3.58. The van der Waals surface area contributed by atoms with E-state index in [0.717, 1.165) is 18.4 Å². The number of benzene rings is 1. The van der Waals surface area contributed by atoms with Crippen molar-refractivity contribution in [3.8, 4) is 5.88 Å². The first kappa shape index (κ1) is 17.0. The lowest BCUT2D eigenvalue weighted by molar-refractivity contribution is -0.117. The summed E-state index contributed by atoms with van der Waals surface area (Å²) >= 11 is 0. The van der Waals surface area contributed by atoms with Crippen molar-refractivity contribution in [2.75, 3.05) is 11.9 Å². The van der Waals surface area contributed by atoms with Crippen molar-refractivity contribution >= 4 is 17.5 Å². The number of nitrogens with one attached hydrogen (secondary N) is 2. The Hall–Kier alpha value is -2.89. The first-order valence-electron chi connectivity index (χ1n) is 8.43. The molecule has 130 valence electrons. The molecule has 0 spiro atoms. The smallest absolute Gasteiger partial charge is 0.251 e. The van der Waals surface area contributed by atoms with Gasteiger partial charge in [0.1, 0.15) is 0 Å². The van der Waals surface area contributed by atoms with Gasteiger partial charge in [-0.05, 0) is 50.1 Å². The second kappa shape index (κ2) is 7.79. The van der Waals surface area contributed by atoms with Crippen LogP contribution in [0.5, 0.6) is 5.88 Å². The second-order valence-corrected chi connectivity index (χ2v) is 5.92. The number of carbonyl (C=O) groups excluding carboxylic acids is 2. The SMILES string of the molecule is CCOc1ncccc1CNC(=O)c1ccc(NC(=O)C2CC2)cc1. The van der Waals surface area contributed by atoms with E-state index in [1.807, 2.05) is 13.0 Å². The Labute approximate surface area is 146 Å². The quantitative estimate of drug-likeness (QED) is 0.813. The van der Waals surface area contributed by atoms with E-state index < -0.39 is 0 Å². The molecule has 6 nitrogen and oxygen atoms in total. The summed E-state index contributed by atoms with van der Waals surface area (Å²) < 4.78 is 5.45. The molecule has 1 fully saturated rings. The zero-order chi connectivity index (χ0) is 17.6. The topological polar surface area (TPSA) is 80.3 Å². The molecule has 0 radical (unpaired) electrons. The minimum absolute atomic E-state index is 0.0530. The molecule has 1 aromatic heterocycles. The molecule has 1 aromatic carbocycles. The van der Waals surface area contributed by atoms with Crippen molar-refractivity contribution < 1.29 is 14.3 Å². The van der Waals surface area contributed by atoms with Crippen LogP contribution in [0.4, 0.5) is 5.69 Å². The van der Waals surface area contributed by atoms with Gasteiger partial charge >= 0.3 is 0 Å². The van der Waals surface area contributed by atoms with Gasteiger partial charge in [0.05, 0.1) is 6.61 Å². The highest BCUT2D eigenvalue weighted by Gasteiger charge is 2.29. The monoisotopic (exact) mass is 339 g/mol. The van der Waals surface area contributed by atoms with Gasteiger partial charge in [-0.2, -0.15) is 0 Å². The number of hydrogen-bond acceptors (Lipinski definition) is 4. The van der Waals surface area contributed by atoms with Crippen LogP contribution >= 0.6 is 0 Å². The number of anilines is 1. The van der Waals surface area contributed by atoms with Gasteiger partial charge in [-0.1, -0.05) is 6.07 Å². The van der Waals surface area contributed by atoms with Crippen LogP contribution in [0.2, 0.25) is 0 Å². The maximum Gasteiger partial charge on any atom is 0.251 e. The zero-order valence-electron chi connectivity index (χ0n) is 14.1. The van der Waals surface area contributed by atoms with Crippen molar-refractivity contribution in [1.29, 1.82) is 0 Å². The van der Waals surface area contributed by atoms with Gasteiger partial charge in [-0.25, -0.2) is 4.98 Å². The van der Waals surface area contributed by atoms with Gasteiger partial charge in [0.2, 0.25) is 11.8 Å². The molecule has 0 unspecified atom stereocenters. The minimum atomic E-state index is -0.189. The second-order valence-electron chi connectivity index (χ2n) is 5.92. The van der Waals surface area contributed by atoms with E-state index in [0.29, 0.717) is 30.3 Å². The molecule has 1 aliphatic carbocycles.